The number of sulfonamides is 1. The van der Waals surface area contributed by atoms with Gasteiger partial charge in [0.15, 0.2) is 0 Å². The predicted octanol–water partition coefficient (Wildman–Crippen LogP) is 3.55. The summed E-state index contributed by atoms with van der Waals surface area (Å²) in [4.78, 5) is 24.3. The van der Waals surface area contributed by atoms with Crippen LogP contribution in [0.4, 0.5) is 0 Å². The first-order chi connectivity index (χ1) is 15.3. The summed E-state index contributed by atoms with van der Waals surface area (Å²) in [6.07, 6.45) is 1.43. The number of furan rings is 1. The molecule has 8 nitrogen and oxygen atoms in total. The minimum absolute atomic E-state index is 0.0533. The second-order valence-electron chi connectivity index (χ2n) is 6.87. The fraction of sp³-hybridized carbons (Fsp3) is 0.217. The molecule has 2 aromatic carbocycles. The van der Waals surface area contributed by atoms with Crippen molar-refractivity contribution in [2.75, 3.05) is 13.2 Å². The summed E-state index contributed by atoms with van der Waals surface area (Å²) < 4.78 is 42.1. The van der Waals surface area contributed by atoms with Crippen LogP contribution < -0.4 is 4.72 Å². The zero-order valence-corrected chi connectivity index (χ0v) is 18.5. The summed E-state index contributed by atoms with van der Waals surface area (Å²) in [5.41, 5.74) is 2.57. The van der Waals surface area contributed by atoms with E-state index in [4.69, 9.17) is 13.9 Å². The number of fused-ring (bicyclic) bond motifs is 1. The molecule has 0 atom stereocenters. The quantitative estimate of drug-likeness (QED) is 0.489. The van der Waals surface area contributed by atoms with Crippen LogP contribution in [0.3, 0.4) is 0 Å². The maximum Gasteiger partial charge on any atom is 0.374 e. The van der Waals surface area contributed by atoms with E-state index in [1.807, 2.05) is 19.1 Å². The third-order valence-electron chi connectivity index (χ3n) is 4.47. The van der Waals surface area contributed by atoms with Crippen LogP contribution in [0.2, 0.25) is 0 Å². The first-order valence-electron chi connectivity index (χ1n) is 9.86. The summed E-state index contributed by atoms with van der Waals surface area (Å²) in [7, 11) is -3.84. The van der Waals surface area contributed by atoms with Gasteiger partial charge in [0.25, 0.3) is 0 Å². The lowest BCUT2D eigenvalue weighted by Crippen LogP contribution is -2.29. The van der Waals surface area contributed by atoms with Gasteiger partial charge in [-0.3, -0.25) is 4.79 Å². The Morgan fingerprint density at radius 3 is 2.50 bits per heavy atom. The minimum atomic E-state index is -3.84. The highest BCUT2D eigenvalue weighted by Crippen LogP contribution is 2.27. The molecule has 0 radical (unpaired) electrons. The standard InChI is InChI=1S/C23H23NO7S/c1-3-29-23(26)22-19(18-6-4-5-7-20(18)31-22)15-30-21(25)14-24-32(27,28)13-12-17-10-8-16(2)9-11-17/h4-13,24H,3,14-15H2,1-2H3. The van der Waals surface area contributed by atoms with Gasteiger partial charge in [-0.25, -0.2) is 17.9 Å². The molecular formula is C23H23NO7S. The highest BCUT2D eigenvalue weighted by Gasteiger charge is 2.23. The number of esters is 2. The summed E-state index contributed by atoms with van der Waals surface area (Å²) in [5, 5.41) is 1.58. The molecule has 0 aliphatic carbocycles. The average molecular weight is 458 g/mol. The van der Waals surface area contributed by atoms with Gasteiger partial charge in [-0.2, -0.15) is 0 Å². The first kappa shape index (κ1) is 23.2. The lowest BCUT2D eigenvalue weighted by molar-refractivity contribution is -0.143. The molecule has 1 aromatic heterocycles. The van der Waals surface area contributed by atoms with Crippen molar-refractivity contribution in [3.63, 3.8) is 0 Å². The van der Waals surface area contributed by atoms with E-state index in [-0.39, 0.29) is 19.0 Å². The lowest BCUT2D eigenvalue weighted by Gasteiger charge is -2.06. The Hall–Kier alpha value is -3.43. The number of para-hydroxylation sites is 1. The van der Waals surface area contributed by atoms with Crippen molar-refractivity contribution in [3.05, 3.63) is 76.4 Å². The van der Waals surface area contributed by atoms with Crippen molar-refractivity contribution in [1.29, 1.82) is 0 Å². The summed E-state index contributed by atoms with van der Waals surface area (Å²) in [6.45, 7) is 2.92. The second-order valence-corrected chi connectivity index (χ2v) is 8.52. The smallest absolute Gasteiger partial charge is 0.374 e. The fourth-order valence-electron chi connectivity index (χ4n) is 2.86. The Labute approximate surface area is 185 Å². The van der Waals surface area contributed by atoms with Gasteiger partial charge in [-0.15, -0.1) is 0 Å². The Morgan fingerprint density at radius 2 is 1.78 bits per heavy atom. The van der Waals surface area contributed by atoms with E-state index in [9.17, 15) is 18.0 Å². The normalized spacial score (nSPS) is 11.7. The minimum Gasteiger partial charge on any atom is -0.460 e. The molecule has 0 unspecified atom stereocenters. The number of carbonyl (C=O) groups is 2. The number of hydrogen-bond acceptors (Lipinski definition) is 7. The molecule has 1 heterocycles. The molecule has 168 valence electrons. The third kappa shape index (κ3) is 6.05. The topological polar surface area (TPSA) is 112 Å². The zero-order valence-electron chi connectivity index (χ0n) is 17.7. The van der Waals surface area contributed by atoms with Crippen LogP contribution in [0, 0.1) is 6.92 Å². The number of nitrogens with one attached hydrogen (secondary N) is 1. The third-order valence-corrected chi connectivity index (χ3v) is 5.51. The Morgan fingerprint density at radius 1 is 1.06 bits per heavy atom. The van der Waals surface area contributed by atoms with Gasteiger partial charge in [0.2, 0.25) is 15.8 Å². The molecule has 0 aliphatic rings. The van der Waals surface area contributed by atoms with Crippen molar-refractivity contribution in [2.24, 2.45) is 0 Å². The van der Waals surface area contributed by atoms with Crippen LogP contribution in [0.15, 0.2) is 58.4 Å². The SMILES string of the molecule is CCOC(=O)c1oc2ccccc2c1COC(=O)CNS(=O)(=O)C=Cc1ccc(C)cc1. The average Bonchev–Trinajstić information content (AvgIpc) is 3.15. The van der Waals surface area contributed by atoms with Crippen LogP contribution >= 0.6 is 0 Å². The molecule has 1 N–H and O–H groups in total. The highest BCUT2D eigenvalue weighted by atomic mass is 32.2. The predicted molar refractivity (Wildman–Crippen MR) is 119 cm³/mol. The summed E-state index contributed by atoms with van der Waals surface area (Å²) in [6, 6.07) is 14.2. The van der Waals surface area contributed by atoms with Gasteiger partial charge >= 0.3 is 11.9 Å². The van der Waals surface area contributed by atoms with Crippen molar-refractivity contribution < 1.29 is 31.9 Å². The van der Waals surface area contributed by atoms with E-state index >= 15 is 0 Å². The van der Waals surface area contributed by atoms with E-state index in [1.54, 1.807) is 43.3 Å². The molecule has 0 bridgehead atoms. The van der Waals surface area contributed by atoms with Crippen LogP contribution in [0.5, 0.6) is 0 Å². The number of ether oxygens (including phenoxy) is 2. The largest absolute Gasteiger partial charge is 0.460 e. The Balaban J connectivity index is 1.62. The van der Waals surface area contributed by atoms with Gasteiger partial charge in [0.1, 0.15) is 18.7 Å². The lowest BCUT2D eigenvalue weighted by atomic mass is 10.1. The van der Waals surface area contributed by atoms with E-state index < -0.39 is 28.5 Å². The maximum atomic E-state index is 12.2. The molecular weight excluding hydrogens is 434 g/mol. The van der Waals surface area contributed by atoms with Gasteiger partial charge in [0.05, 0.1) is 12.2 Å². The summed E-state index contributed by atoms with van der Waals surface area (Å²) >= 11 is 0. The van der Waals surface area contributed by atoms with E-state index in [2.05, 4.69) is 4.72 Å². The van der Waals surface area contributed by atoms with Crippen LogP contribution in [0.1, 0.15) is 34.2 Å². The van der Waals surface area contributed by atoms with Crippen LogP contribution in [-0.2, 0) is 30.9 Å². The van der Waals surface area contributed by atoms with Crippen LogP contribution in [-0.4, -0.2) is 33.5 Å². The Kier molecular flexibility index (Phi) is 7.45. The molecule has 0 saturated heterocycles. The number of rotatable bonds is 9. The molecule has 3 rings (SSSR count). The number of aryl methyl sites for hydroxylation is 1. The zero-order chi connectivity index (χ0) is 23.1. The fourth-order valence-corrected chi connectivity index (χ4v) is 3.61. The Bertz CT molecular complexity index is 1240. The van der Waals surface area contributed by atoms with Crippen molar-refractivity contribution in [2.45, 2.75) is 20.5 Å². The molecule has 0 fully saturated rings. The first-order valence-corrected chi connectivity index (χ1v) is 11.4. The van der Waals surface area contributed by atoms with Gasteiger partial charge < -0.3 is 13.9 Å². The van der Waals surface area contributed by atoms with E-state index in [0.717, 1.165) is 11.0 Å². The molecule has 3 aromatic rings. The van der Waals surface area contributed by atoms with Crippen molar-refractivity contribution >= 4 is 39.0 Å². The number of hydrogen-bond donors (Lipinski definition) is 1. The molecule has 32 heavy (non-hydrogen) atoms. The molecule has 0 aliphatic heterocycles. The van der Waals surface area contributed by atoms with E-state index in [0.29, 0.717) is 22.1 Å². The second kappa shape index (κ2) is 10.3. The van der Waals surface area contributed by atoms with Gasteiger partial charge in [0, 0.05) is 10.8 Å². The monoisotopic (exact) mass is 457 g/mol. The van der Waals surface area contributed by atoms with Gasteiger partial charge in [-0.1, -0.05) is 48.0 Å². The molecule has 0 spiro atoms. The maximum absolute atomic E-state index is 12.2. The van der Waals surface area contributed by atoms with Crippen molar-refractivity contribution in [3.8, 4) is 0 Å². The van der Waals surface area contributed by atoms with E-state index in [1.165, 1.54) is 6.08 Å². The van der Waals surface area contributed by atoms with Crippen molar-refractivity contribution in [1.82, 2.24) is 4.72 Å². The van der Waals surface area contributed by atoms with Crippen LogP contribution in [0.25, 0.3) is 17.0 Å². The summed E-state index contributed by atoms with van der Waals surface area (Å²) in [5.74, 6) is -1.53. The number of benzene rings is 2. The highest BCUT2D eigenvalue weighted by molar-refractivity contribution is 7.92. The van der Waals surface area contributed by atoms with Gasteiger partial charge in [-0.05, 0) is 31.6 Å². The molecule has 0 saturated carbocycles. The molecule has 0 amide bonds. The molecule has 9 heteroatoms. The number of carbonyl (C=O) groups excluding carboxylic acids is 2.